The van der Waals surface area contributed by atoms with Gasteiger partial charge in [0.1, 0.15) is 0 Å². The first-order chi connectivity index (χ1) is 9.35. The third-order valence-corrected chi connectivity index (χ3v) is 3.66. The van der Waals surface area contributed by atoms with E-state index < -0.39 is 5.41 Å². The van der Waals surface area contributed by atoms with Crippen molar-refractivity contribution in [3.8, 4) is 0 Å². The molecule has 0 aromatic heterocycles. The molecule has 0 aliphatic carbocycles. The van der Waals surface area contributed by atoms with Crippen molar-refractivity contribution in [2.75, 3.05) is 4.90 Å². The summed E-state index contributed by atoms with van der Waals surface area (Å²) in [4.78, 5) is 26.1. The summed E-state index contributed by atoms with van der Waals surface area (Å²) in [5.41, 5.74) is 0.835. The van der Waals surface area contributed by atoms with Gasteiger partial charge in [-0.1, -0.05) is 57.5 Å². The van der Waals surface area contributed by atoms with Gasteiger partial charge >= 0.3 is 0 Å². The first-order valence-corrected chi connectivity index (χ1v) is 7.80. The molecule has 0 heterocycles. The van der Waals surface area contributed by atoms with E-state index in [1.807, 2.05) is 39.0 Å². The molecule has 0 aliphatic heterocycles. The van der Waals surface area contributed by atoms with Crippen LogP contribution in [0.4, 0.5) is 5.69 Å². The smallest absolute Gasteiger partial charge is 0.239 e. The topological polar surface area (TPSA) is 37.4 Å². The summed E-state index contributed by atoms with van der Waals surface area (Å²) < 4.78 is 0.933. The lowest BCUT2D eigenvalue weighted by atomic mass is 9.84. The van der Waals surface area contributed by atoms with E-state index in [-0.39, 0.29) is 17.2 Å². The van der Waals surface area contributed by atoms with Crippen LogP contribution in [0, 0.1) is 5.41 Å². The Labute approximate surface area is 135 Å². The zero-order valence-electron chi connectivity index (χ0n) is 13.9. The fourth-order valence-corrected chi connectivity index (χ4v) is 2.42. The van der Waals surface area contributed by atoms with Gasteiger partial charge in [0.25, 0.3) is 0 Å². The summed E-state index contributed by atoms with van der Waals surface area (Å²) >= 11 is 3.46. The van der Waals surface area contributed by atoms with Gasteiger partial charge in [0.15, 0.2) is 0 Å². The van der Waals surface area contributed by atoms with Crippen molar-refractivity contribution in [1.29, 1.82) is 0 Å². The Morgan fingerprint density at radius 2 is 1.57 bits per heavy atom. The Kier molecular flexibility index (Phi) is 5.04. The third kappa shape index (κ3) is 4.16. The highest BCUT2D eigenvalue weighted by molar-refractivity contribution is 9.10. The first kappa shape index (κ1) is 17.9. The summed E-state index contributed by atoms with van der Waals surface area (Å²) in [7, 11) is 0. The quantitative estimate of drug-likeness (QED) is 0.735. The molecule has 0 saturated carbocycles. The second kappa shape index (κ2) is 5.91. The summed E-state index contributed by atoms with van der Waals surface area (Å²) in [6.45, 7) is 13.1. The highest BCUT2D eigenvalue weighted by atomic mass is 79.9. The Bertz CT molecular complexity index is 565. The van der Waals surface area contributed by atoms with Crippen LogP contribution in [0.3, 0.4) is 0 Å². The molecule has 0 fully saturated rings. The standard InChI is InChI=1S/C17H24BrNO2/c1-11(20)19(15(21)17(5,6)7)14-9-8-12(18)10-13(14)16(2,3)4/h8-10H,1-7H3. The van der Waals surface area contributed by atoms with Crippen LogP contribution in [0.25, 0.3) is 0 Å². The van der Waals surface area contributed by atoms with Crippen LogP contribution in [0.15, 0.2) is 22.7 Å². The van der Waals surface area contributed by atoms with Gasteiger partial charge in [0.05, 0.1) is 5.69 Å². The zero-order valence-corrected chi connectivity index (χ0v) is 15.5. The number of anilines is 1. The minimum Gasteiger partial charge on any atom is -0.274 e. The van der Waals surface area contributed by atoms with Gasteiger partial charge in [-0.15, -0.1) is 0 Å². The van der Waals surface area contributed by atoms with E-state index >= 15 is 0 Å². The molecule has 0 aliphatic rings. The van der Waals surface area contributed by atoms with E-state index in [1.54, 1.807) is 0 Å². The predicted octanol–water partition coefficient (Wildman–Crippen LogP) is 4.67. The third-order valence-electron chi connectivity index (χ3n) is 3.17. The molecule has 0 unspecified atom stereocenters. The Morgan fingerprint density at radius 3 is 1.95 bits per heavy atom. The van der Waals surface area contributed by atoms with Crippen LogP contribution >= 0.6 is 15.9 Å². The fraction of sp³-hybridized carbons (Fsp3) is 0.529. The lowest BCUT2D eigenvalue weighted by molar-refractivity contribution is -0.130. The number of carbonyl (C=O) groups is 2. The second-order valence-electron chi connectivity index (χ2n) is 7.32. The van der Waals surface area contributed by atoms with Crippen molar-refractivity contribution in [2.45, 2.75) is 53.9 Å². The van der Waals surface area contributed by atoms with Crippen molar-refractivity contribution in [3.63, 3.8) is 0 Å². The molecular formula is C17H24BrNO2. The number of nitrogens with zero attached hydrogens (tertiary/aromatic N) is 1. The van der Waals surface area contributed by atoms with Gasteiger partial charge in [-0.3, -0.25) is 14.5 Å². The molecule has 2 amide bonds. The number of halogens is 1. The van der Waals surface area contributed by atoms with Crippen LogP contribution in [0.5, 0.6) is 0 Å². The maximum absolute atomic E-state index is 12.7. The molecule has 0 bridgehead atoms. The number of amides is 2. The first-order valence-electron chi connectivity index (χ1n) is 7.01. The van der Waals surface area contributed by atoms with Gasteiger partial charge < -0.3 is 0 Å². The summed E-state index contributed by atoms with van der Waals surface area (Å²) in [5, 5.41) is 0. The second-order valence-corrected chi connectivity index (χ2v) is 8.24. The van der Waals surface area contributed by atoms with Crippen molar-refractivity contribution in [3.05, 3.63) is 28.2 Å². The van der Waals surface area contributed by atoms with E-state index in [1.165, 1.54) is 11.8 Å². The van der Waals surface area contributed by atoms with Crippen molar-refractivity contribution in [1.82, 2.24) is 0 Å². The minimum atomic E-state index is -0.617. The Balaban J connectivity index is 3.54. The summed E-state index contributed by atoms with van der Waals surface area (Å²) in [6.07, 6.45) is 0. The van der Waals surface area contributed by atoms with Gasteiger partial charge in [0.2, 0.25) is 11.8 Å². The van der Waals surface area contributed by atoms with Crippen LogP contribution in [-0.2, 0) is 15.0 Å². The molecular weight excluding hydrogens is 330 g/mol. The van der Waals surface area contributed by atoms with E-state index in [2.05, 4.69) is 36.7 Å². The zero-order chi connectivity index (χ0) is 16.6. The Morgan fingerprint density at radius 1 is 1.05 bits per heavy atom. The van der Waals surface area contributed by atoms with E-state index in [4.69, 9.17) is 0 Å². The van der Waals surface area contributed by atoms with Crippen LogP contribution in [0.1, 0.15) is 54.0 Å². The molecule has 0 N–H and O–H groups in total. The van der Waals surface area contributed by atoms with Crippen molar-refractivity contribution < 1.29 is 9.59 Å². The maximum atomic E-state index is 12.7. The molecule has 1 aromatic carbocycles. The molecule has 0 spiro atoms. The highest BCUT2D eigenvalue weighted by Crippen LogP contribution is 2.36. The maximum Gasteiger partial charge on any atom is 0.239 e. The van der Waals surface area contributed by atoms with Crippen LogP contribution in [-0.4, -0.2) is 11.8 Å². The number of rotatable bonds is 1. The molecule has 116 valence electrons. The minimum absolute atomic E-state index is 0.176. The molecule has 1 rings (SSSR count). The average molecular weight is 354 g/mol. The lowest BCUT2D eigenvalue weighted by Crippen LogP contribution is -2.43. The molecule has 4 heteroatoms. The van der Waals surface area contributed by atoms with Crippen LogP contribution in [0.2, 0.25) is 0 Å². The SMILES string of the molecule is CC(=O)N(C(=O)C(C)(C)C)c1ccc(Br)cc1C(C)(C)C. The number of benzene rings is 1. The Hall–Kier alpha value is -1.16. The molecule has 0 atom stereocenters. The lowest BCUT2D eigenvalue weighted by Gasteiger charge is -2.32. The van der Waals surface area contributed by atoms with Gasteiger partial charge in [-0.25, -0.2) is 0 Å². The van der Waals surface area contributed by atoms with Gasteiger partial charge in [-0.2, -0.15) is 0 Å². The average Bonchev–Trinajstić information content (AvgIpc) is 2.28. The van der Waals surface area contributed by atoms with E-state index in [0.29, 0.717) is 5.69 Å². The molecule has 3 nitrogen and oxygen atoms in total. The number of hydrogen-bond donors (Lipinski definition) is 0. The predicted molar refractivity (Wildman–Crippen MR) is 90.5 cm³/mol. The summed E-state index contributed by atoms with van der Waals surface area (Å²) in [5.74, 6) is -0.453. The molecule has 1 aromatic rings. The van der Waals surface area contributed by atoms with E-state index in [0.717, 1.165) is 10.0 Å². The molecule has 0 saturated heterocycles. The van der Waals surface area contributed by atoms with E-state index in [9.17, 15) is 9.59 Å². The number of hydrogen-bond acceptors (Lipinski definition) is 2. The molecule has 21 heavy (non-hydrogen) atoms. The molecule has 0 radical (unpaired) electrons. The normalized spacial score (nSPS) is 12.2. The number of carbonyl (C=O) groups excluding carboxylic acids is 2. The highest BCUT2D eigenvalue weighted by Gasteiger charge is 2.33. The largest absolute Gasteiger partial charge is 0.274 e. The van der Waals surface area contributed by atoms with Gasteiger partial charge in [0, 0.05) is 16.8 Å². The fourth-order valence-electron chi connectivity index (χ4n) is 2.06. The number of imide groups is 1. The van der Waals surface area contributed by atoms with Crippen LogP contribution < -0.4 is 4.90 Å². The van der Waals surface area contributed by atoms with Gasteiger partial charge in [-0.05, 0) is 29.2 Å². The van der Waals surface area contributed by atoms with Crippen molar-refractivity contribution in [2.24, 2.45) is 5.41 Å². The summed E-state index contributed by atoms with van der Waals surface area (Å²) in [6, 6.07) is 5.66. The van der Waals surface area contributed by atoms with Crippen molar-refractivity contribution >= 4 is 33.4 Å². The monoisotopic (exact) mass is 353 g/mol.